The van der Waals surface area contributed by atoms with Crippen LogP contribution in [0.1, 0.15) is 36.8 Å². The zero-order valence-electron chi connectivity index (χ0n) is 10.9. The van der Waals surface area contributed by atoms with Crippen LogP contribution in [0, 0.1) is 0 Å². The Labute approximate surface area is 109 Å². The molecule has 17 heavy (non-hydrogen) atoms. The van der Waals surface area contributed by atoms with Gasteiger partial charge in [-0.3, -0.25) is 0 Å². The van der Waals surface area contributed by atoms with Crippen LogP contribution < -0.4 is 5.32 Å². The zero-order chi connectivity index (χ0) is 12.1. The van der Waals surface area contributed by atoms with Crippen LogP contribution in [-0.4, -0.2) is 24.6 Å². The molecular weight excluding hydrogens is 226 g/mol. The lowest BCUT2D eigenvalue weighted by Crippen LogP contribution is -2.29. The van der Waals surface area contributed by atoms with Crippen molar-refractivity contribution in [2.24, 2.45) is 0 Å². The summed E-state index contributed by atoms with van der Waals surface area (Å²) in [6.45, 7) is 4.55. The summed E-state index contributed by atoms with van der Waals surface area (Å²) >= 11 is 1.93. The Bertz CT molecular complexity index is 351. The van der Waals surface area contributed by atoms with E-state index in [1.807, 2.05) is 11.8 Å². The number of aryl methyl sites for hydroxylation is 1. The zero-order valence-corrected chi connectivity index (χ0v) is 11.7. The number of hydrogen-bond donors (Lipinski definition) is 1. The minimum Gasteiger partial charge on any atom is -0.315 e. The molecule has 94 valence electrons. The molecule has 0 saturated heterocycles. The van der Waals surface area contributed by atoms with E-state index in [1.54, 1.807) is 11.1 Å². The maximum absolute atomic E-state index is 3.63. The van der Waals surface area contributed by atoms with Gasteiger partial charge in [-0.1, -0.05) is 31.2 Å². The molecule has 1 nitrogen and oxygen atoms in total. The summed E-state index contributed by atoms with van der Waals surface area (Å²) in [4.78, 5) is 0. The maximum atomic E-state index is 3.63. The van der Waals surface area contributed by atoms with Gasteiger partial charge in [0.15, 0.2) is 0 Å². The Balaban J connectivity index is 1.90. The fourth-order valence-corrected chi connectivity index (χ4v) is 2.90. The highest BCUT2D eigenvalue weighted by Gasteiger charge is 2.19. The highest BCUT2D eigenvalue weighted by molar-refractivity contribution is 7.99. The van der Waals surface area contributed by atoms with Crippen molar-refractivity contribution >= 4 is 11.8 Å². The standard InChI is InChI=1S/C15H23NS/c1-12(17-2)10-16-11-14-8-5-7-13-6-3-4-9-15(13)14/h3-4,6,9,12,14,16H,5,7-8,10-11H2,1-2H3. The lowest BCUT2D eigenvalue weighted by atomic mass is 9.83. The quantitative estimate of drug-likeness (QED) is 0.858. The van der Waals surface area contributed by atoms with Crippen molar-refractivity contribution in [2.45, 2.75) is 37.4 Å². The van der Waals surface area contributed by atoms with Crippen molar-refractivity contribution in [1.29, 1.82) is 0 Å². The van der Waals surface area contributed by atoms with E-state index in [9.17, 15) is 0 Å². The SMILES string of the molecule is CSC(C)CNCC1CCCc2ccccc21. The third-order valence-electron chi connectivity index (χ3n) is 3.72. The molecule has 1 aliphatic carbocycles. The Hall–Kier alpha value is -0.470. The third kappa shape index (κ3) is 3.49. The fourth-order valence-electron chi connectivity index (χ4n) is 2.61. The van der Waals surface area contributed by atoms with Crippen molar-refractivity contribution in [2.75, 3.05) is 19.3 Å². The van der Waals surface area contributed by atoms with Gasteiger partial charge in [0.05, 0.1) is 0 Å². The largest absolute Gasteiger partial charge is 0.315 e. The van der Waals surface area contributed by atoms with Gasteiger partial charge in [-0.15, -0.1) is 0 Å². The first-order valence-electron chi connectivity index (χ1n) is 6.62. The summed E-state index contributed by atoms with van der Waals surface area (Å²) in [6, 6.07) is 8.97. The Morgan fingerprint density at radius 1 is 1.41 bits per heavy atom. The van der Waals surface area contributed by atoms with Gasteiger partial charge in [-0.2, -0.15) is 11.8 Å². The topological polar surface area (TPSA) is 12.0 Å². The number of benzene rings is 1. The van der Waals surface area contributed by atoms with Gasteiger partial charge in [0, 0.05) is 18.3 Å². The number of nitrogens with one attached hydrogen (secondary N) is 1. The van der Waals surface area contributed by atoms with Crippen molar-refractivity contribution in [3.63, 3.8) is 0 Å². The molecule has 2 rings (SSSR count). The van der Waals surface area contributed by atoms with Crippen molar-refractivity contribution in [3.05, 3.63) is 35.4 Å². The normalized spacial score (nSPS) is 20.9. The second-order valence-corrected chi connectivity index (χ2v) is 6.27. The lowest BCUT2D eigenvalue weighted by Gasteiger charge is -2.26. The minimum atomic E-state index is 0.717. The molecule has 0 bridgehead atoms. The average molecular weight is 249 g/mol. The molecule has 0 heterocycles. The summed E-state index contributed by atoms with van der Waals surface area (Å²) in [7, 11) is 0. The third-order valence-corrected chi connectivity index (χ3v) is 4.69. The highest BCUT2D eigenvalue weighted by atomic mass is 32.2. The van der Waals surface area contributed by atoms with Gasteiger partial charge in [-0.25, -0.2) is 0 Å². The highest BCUT2D eigenvalue weighted by Crippen LogP contribution is 2.30. The molecule has 1 N–H and O–H groups in total. The van der Waals surface area contributed by atoms with Gasteiger partial charge in [-0.05, 0) is 42.6 Å². The van der Waals surface area contributed by atoms with Crippen LogP contribution in [0.25, 0.3) is 0 Å². The first-order chi connectivity index (χ1) is 8.31. The number of fused-ring (bicyclic) bond motifs is 1. The molecule has 0 spiro atoms. The molecule has 2 atom stereocenters. The summed E-state index contributed by atoms with van der Waals surface area (Å²) in [6.07, 6.45) is 6.15. The summed E-state index contributed by atoms with van der Waals surface area (Å²) in [5.41, 5.74) is 3.16. The first-order valence-corrected chi connectivity index (χ1v) is 7.91. The smallest absolute Gasteiger partial charge is 0.0141 e. The lowest BCUT2D eigenvalue weighted by molar-refractivity contribution is 0.509. The monoisotopic (exact) mass is 249 g/mol. The Morgan fingerprint density at radius 3 is 3.06 bits per heavy atom. The molecule has 2 heteroatoms. The van der Waals surface area contributed by atoms with Crippen LogP contribution in [0.2, 0.25) is 0 Å². The number of hydrogen-bond acceptors (Lipinski definition) is 2. The fraction of sp³-hybridized carbons (Fsp3) is 0.600. The van der Waals surface area contributed by atoms with E-state index >= 15 is 0 Å². The molecule has 1 aliphatic rings. The second kappa shape index (κ2) is 6.46. The molecule has 1 aromatic rings. The van der Waals surface area contributed by atoms with Crippen LogP contribution in [-0.2, 0) is 6.42 Å². The summed E-state index contributed by atoms with van der Waals surface area (Å²) < 4.78 is 0. The van der Waals surface area contributed by atoms with E-state index in [-0.39, 0.29) is 0 Å². The minimum absolute atomic E-state index is 0.717. The van der Waals surface area contributed by atoms with Crippen molar-refractivity contribution in [3.8, 4) is 0 Å². The molecule has 0 amide bonds. The predicted molar refractivity (Wildman–Crippen MR) is 78.0 cm³/mol. The molecule has 0 radical (unpaired) electrons. The van der Waals surface area contributed by atoms with Crippen LogP contribution in [0.3, 0.4) is 0 Å². The molecular formula is C15H23NS. The number of rotatable bonds is 5. The van der Waals surface area contributed by atoms with Crippen molar-refractivity contribution < 1.29 is 0 Å². The van der Waals surface area contributed by atoms with Gasteiger partial charge in [0.2, 0.25) is 0 Å². The molecule has 0 aromatic heterocycles. The van der Waals surface area contributed by atoms with E-state index in [0.29, 0.717) is 5.25 Å². The molecule has 1 aromatic carbocycles. The summed E-state index contributed by atoms with van der Waals surface area (Å²) in [5.74, 6) is 0.731. The van der Waals surface area contributed by atoms with E-state index in [1.165, 1.54) is 19.3 Å². The van der Waals surface area contributed by atoms with E-state index < -0.39 is 0 Å². The Morgan fingerprint density at radius 2 is 2.24 bits per heavy atom. The molecule has 0 saturated carbocycles. The van der Waals surface area contributed by atoms with Gasteiger partial charge < -0.3 is 5.32 Å². The van der Waals surface area contributed by atoms with Gasteiger partial charge in [0.25, 0.3) is 0 Å². The van der Waals surface area contributed by atoms with E-state index in [4.69, 9.17) is 0 Å². The first kappa shape index (κ1) is 13.0. The number of thioether (sulfide) groups is 1. The van der Waals surface area contributed by atoms with Crippen LogP contribution in [0.5, 0.6) is 0 Å². The van der Waals surface area contributed by atoms with Crippen molar-refractivity contribution in [1.82, 2.24) is 5.32 Å². The maximum Gasteiger partial charge on any atom is 0.0141 e. The second-order valence-electron chi connectivity index (χ2n) is 4.99. The summed E-state index contributed by atoms with van der Waals surface area (Å²) in [5, 5.41) is 4.34. The van der Waals surface area contributed by atoms with Crippen LogP contribution in [0.15, 0.2) is 24.3 Å². The molecule has 0 fully saturated rings. The van der Waals surface area contributed by atoms with Gasteiger partial charge >= 0.3 is 0 Å². The van der Waals surface area contributed by atoms with Crippen LogP contribution >= 0.6 is 11.8 Å². The predicted octanol–water partition coefficient (Wildman–Crippen LogP) is 3.45. The van der Waals surface area contributed by atoms with Crippen LogP contribution in [0.4, 0.5) is 0 Å². The van der Waals surface area contributed by atoms with Gasteiger partial charge in [0.1, 0.15) is 0 Å². The average Bonchev–Trinajstić information content (AvgIpc) is 2.39. The van der Waals surface area contributed by atoms with E-state index in [0.717, 1.165) is 19.0 Å². The Kier molecular flexibility index (Phi) is 4.93. The molecule has 0 aliphatic heterocycles. The molecule has 2 unspecified atom stereocenters. The van der Waals surface area contributed by atoms with E-state index in [2.05, 4.69) is 42.8 Å².